The summed E-state index contributed by atoms with van der Waals surface area (Å²) in [4.78, 5) is 0. The summed E-state index contributed by atoms with van der Waals surface area (Å²) in [5, 5.41) is 9.41. The zero-order valence-corrected chi connectivity index (χ0v) is 9.80. The lowest BCUT2D eigenvalue weighted by atomic mass is 10.2. The molecule has 0 aliphatic carbocycles. The number of hydrogen-bond acceptors (Lipinski definition) is 2. The Morgan fingerprint density at radius 2 is 1.57 bits per heavy atom. The first-order valence-corrected chi connectivity index (χ1v) is 6.11. The van der Waals surface area contributed by atoms with Crippen LogP contribution in [0.5, 0.6) is 0 Å². The van der Waals surface area contributed by atoms with Crippen molar-refractivity contribution >= 4 is 0 Å². The van der Waals surface area contributed by atoms with Crippen molar-refractivity contribution in [1.29, 1.82) is 0 Å². The summed E-state index contributed by atoms with van der Waals surface area (Å²) in [6.45, 7) is 5.08. The van der Waals surface area contributed by atoms with Crippen LogP contribution in [0.15, 0.2) is 0 Å². The zero-order chi connectivity index (χ0) is 10.6. The van der Waals surface area contributed by atoms with E-state index in [9.17, 15) is 5.11 Å². The number of rotatable bonds is 10. The highest BCUT2D eigenvalue weighted by atomic mass is 16.6. The normalized spacial score (nSPS) is 13.1. The van der Waals surface area contributed by atoms with E-state index in [4.69, 9.17) is 4.74 Å². The fourth-order valence-electron chi connectivity index (χ4n) is 1.40. The van der Waals surface area contributed by atoms with Crippen LogP contribution in [0.4, 0.5) is 0 Å². The molecule has 0 rings (SSSR count). The number of aliphatic hydroxyl groups excluding tert-OH is 1. The first kappa shape index (κ1) is 13.9. The minimum atomic E-state index is -0.525. The van der Waals surface area contributed by atoms with E-state index >= 15 is 0 Å². The minimum absolute atomic E-state index is 0.525. The molecule has 1 N–H and O–H groups in total. The van der Waals surface area contributed by atoms with Crippen LogP contribution >= 0.6 is 0 Å². The SMILES string of the molecule is CCCCCCOC(O)CCCCC. The molecule has 0 radical (unpaired) electrons. The van der Waals surface area contributed by atoms with Crippen molar-refractivity contribution in [3.63, 3.8) is 0 Å². The highest BCUT2D eigenvalue weighted by Gasteiger charge is 2.02. The Hall–Kier alpha value is -0.0800. The van der Waals surface area contributed by atoms with Gasteiger partial charge in [-0.05, 0) is 19.3 Å². The molecule has 0 aromatic carbocycles. The number of hydrogen-bond donors (Lipinski definition) is 1. The monoisotopic (exact) mass is 202 g/mol. The average molecular weight is 202 g/mol. The van der Waals surface area contributed by atoms with Gasteiger partial charge in [0.1, 0.15) is 0 Å². The highest BCUT2D eigenvalue weighted by Crippen LogP contribution is 2.06. The fraction of sp³-hybridized carbons (Fsp3) is 1.00. The van der Waals surface area contributed by atoms with E-state index in [1.54, 1.807) is 0 Å². The highest BCUT2D eigenvalue weighted by molar-refractivity contribution is 4.45. The third-order valence-electron chi connectivity index (χ3n) is 2.36. The van der Waals surface area contributed by atoms with Gasteiger partial charge in [0, 0.05) is 6.61 Å². The second-order valence-corrected chi connectivity index (χ2v) is 3.88. The second kappa shape index (κ2) is 11.0. The summed E-state index contributed by atoms with van der Waals surface area (Å²) in [7, 11) is 0. The van der Waals surface area contributed by atoms with E-state index in [0.29, 0.717) is 6.61 Å². The summed E-state index contributed by atoms with van der Waals surface area (Å²) < 4.78 is 5.29. The molecule has 86 valence electrons. The van der Waals surface area contributed by atoms with Crippen LogP contribution in [0.25, 0.3) is 0 Å². The number of ether oxygens (including phenoxy) is 1. The van der Waals surface area contributed by atoms with Gasteiger partial charge in [0.05, 0.1) is 0 Å². The van der Waals surface area contributed by atoms with Gasteiger partial charge >= 0.3 is 0 Å². The van der Waals surface area contributed by atoms with Crippen molar-refractivity contribution in [2.24, 2.45) is 0 Å². The van der Waals surface area contributed by atoms with Gasteiger partial charge in [0.25, 0.3) is 0 Å². The van der Waals surface area contributed by atoms with Gasteiger partial charge in [-0.3, -0.25) is 0 Å². The maximum atomic E-state index is 9.41. The molecule has 0 saturated carbocycles. The summed E-state index contributed by atoms with van der Waals surface area (Å²) in [5.41, 5.74) is 0. The van der Waals surface area contributed by atoms with Gasteiger partial charge in [-0.15, -0.1) is 0 Å². The quantitative estimate of drug-likeness (QED) is 0.434. The van der Waals surface area contributed by atoms with Gasteiger partial charge in [0.2, 0.25) is 0 Å². The lowest BCUT2D eigenvalue weighted by Crippen LogP contribution is -2.12. The summed E-state index contributed by atoms with van der Waals surface area (Å²) in [6, 6.07) is 0. The standard InChI is InChI=1S/C12H26O2/c1-3-5-7-9-11-14-12(13)10-8-6-4-2/h12-13H,3-11H2,1-2H3. The van der Waals surface area contributed by atoms with Crippen LogP contribution in [-0.4, -0.2) is 18.0 Å². The summed E-state index contributed by atoms with van der Waals surface area (Å²) in [5.74, 6) is 0. The van der Waals surface area contributed by atoms with Crippen LogP contribution in [0.3, 0.4) is 0 Å². The molecule has 0 spiro atoms. The third-order valence-corrected chi connectivity index (χ3v) is 2.36. The van der Waals surface area contributed by atoms with Gasteiger partial charge in [-0.2, -0.15) is 0 Å². The molecule has 0 aliphatic rings. The van der Waals surface area contributed by atoms with Gasteiger partial charge in [-0.25, -0.2) is 0 Å². The lowest BCUT2D eigenvalue weighted by molar-refractivity contribution is -0.105. The van der Waals surface area contributed by atoms with Crippen LogP contribution in [0.1, 0.15) is 65.2 Å². The van der Waals surface area contributed by atoms with Crippen molar-refractivity contribution in [3.8, 4) is 0 Å². The Balaban J connectivity index is 3.06. The van der Waals surface area contributed by atoms with E-state index in [1.807, 2.05) is 0 Å². The van der Waals surface area contributed by atoms with Crippen molar-refractivity contribution in [1.82, 2.24) is 0 Å². The largest absolute Gasteiger partial charge is 0.368 e. The Morgan fingerprint density at radius 3 is 2.21 bits per heavy atom. The van der Waals surface area contributed by atoms with E-state index in [1.165, 1.54) is 32.1 Å². The molecule has 0 aromatic rings. The van der Waals surface area contributed by atoms with E-state index in [0.717, 1.165) is 19.3 Å². The summed E-state index contributed by atoms with van der Waals surface area (Å²) >= 11 is 0. The molecule has 0 heterocycles. The fourth-order valence-corrected chi connectivity index (χ4v) is 1.40. The van der Waals surface area contributed by atoms with Crippen LogP contribution in [0, 0.1) is 0 Å². The molecule has 0 fully saturated rings. The molecule has 0 saturated heterocycles. The molecular formula is C12H26O2. The number of unbranched alkanes of at least 4 members (excludes halogenated alkanes) is 5. The maximum absolute atomic E-state index is 9.41. The lowest BCUT2D eigenvalue weighted by Gasteiger charge is -2.11. The van der Waals surface area contributed by atoms with E-state index < -0.39 is 6.29 Å². The van der Waals surface area contributed by atoms with Crippen molar-refractivity contribution in [2.45, 2.75) is 71.5 Å². The molecular weight excluding hydrogens is 176 g/mol. The number of aliphatic hydroxyl groups is 1. The van der Waals surface area contributed by atoms with Crippen LogP contribution in [0.2, 0.25) is 0 Å². The van der Waals surface area contributed by atoms with Crippen molar-refractivity contribution in [3.05, 3.63) is 0 Å². The first-order chi connectivity index (χ1) is 6.81. The topological polar surface area (TPSA) is 29.5 Å². The molecule has 14 heavy (non-hydrogen) atoms. The second-order valence-electron chi connectivity index (χ2n) is 3.88. The Labute approximate surface area is 88.7 Å². The average Bonchev–Trinajstić information content (AvgIpc) is 2.18. The Morgan fingerprint density at radius 1 is 0.929 bits per heavy atom. The van der Waals surface area contributed by atoms with Crippen molar-refractivity contribution < 1.29 is 9.84 Å². The smallest absolute Gasteiger partial charge is 0.154 e. The molecule has 0 aromatic heterocycles. The molecule has 0 amide bonds. The molecule has 2 heteroatoms. The Bertz CT molecular complexity index is 104. The molecule has 1 unspecified atom stereocenters. The molecule has 2 nitrogen and oxygen atoms in total. The zero-order valence-electron chi connectivity index (χ0n) is 9.80. The van der Waals surface area contributed by atoms with Gasteiger partial charge in [0.15, 0.2) is 6.29 Å². The van der Waals surface area contributed by atoms with Gasteiger partial charge in [-0.1, -0.05) is 46.0 Å². The third kappa shape index (κ3) is 10.0. The Kier molecular flexibility index (Phi) is 10.9. The predicted molar refractivity (Wildman–Crippen MR) is 60.2 cm³/mol. The maximum Gasteiger partial charge on any atom is 0.154 e. The van der Waals surface area contributed by atoms with E-state index in [2.05, 4.69) is 13.8 Å². The van der Waals surface area contributed by atoms with E-state index in [-0.39, 0.29) is 0 Å². The van der Waals surface area contributed by atoms with Gasteiger partial charge < -0.3 is 9.84 Å². The van der Waals surface area contributed by atoms with Crippen LogP contribution < -0.4 is 0 Å². The minimum Gasteiger partial charge on any atom is -0.368 e. The summed E-state index contributed by atoms with van der Waals surface area (Å²) in [6.07, 6.45) is 8.56. The molecule has 0 bridgehead atoms. The predicted octanol–water partition coefficient (Wildman–Crippen LogP) is 3.48. The molecule has 1 atom stereocenters. The first-order valence-electron chi connectivity index (χ1n) is 6.11. The van der Waals surface area contributed by atoms with Crippen LogP contribution in [-0.2, 0) is 4.74 Å². The van der Waals surface area contributed by atoms with Crippen molar-refractivity contribution in [2.75, 3.05) is 6.61 Å². The molecule has 0 aliphatic heterocycles.